The van der Waals surface area contributed by atoms with Gasteiger partial charge < -0.3 is 25.7 Å². The van der Waals surface area contributed by atoms with Crippen LogP contribution in [-0.4, -0.2) is 69.4 Å². The first-order valence-electron chi connectivity index (χ1n) is 18.6. The minimum atomic E-state index is -0.975. The van der Waals surface area contributed by atoms with Gasteiger partial charge in [-0.1, -0.05) is 36.4 Å². The number of benzene rings is 3. The van der Waals surface area contributed by atoms with Crippen molar-refractivity contribution in [3.63, 3.8) is 0 Å². The number of fused-ring (bicyclic) bond motifs is 1. The maximum Gasteiger partial charge on any atom is 0.303 e. The number of aliphatic carboxylic acids is 1. The van der Waals surface area contributed by atoms with Gasteiger partial charge in [-0.3, -0.25) is 24.1 Å². The van der Waals surface area contributed by atoms with Crippen LogP contribution in [0.2, 0.25) is 0 Å². The highest BCUT2D eigenvalue weighted by Crippen LogP contribution is 2.39. The average Bonchev–Trinajstić information content (AvgIpc) is 3.94. The molecule has 1 heterocycles. The van der Waals surface area contributed by atoms with Crippen LogP contribution in [0.4, 0.5) is 10.7 Å². The molecule has 278 valence electrons. The fourth-order valence-electron chi connectivity index (χ4n) is 6.93. The molecule has 11 heteroatoms. The van der Waals surface area contributed by atoms with Crippen molar-refractivity contribution in [2.75, 3.05) is 30.3 Å². The number of carboxylic acid groups (broad SMARTS) is 1. The number of likely N-dealkylation sites (N-methyl/N-ethyl adjacent to an activating group) is 1. The van der Waals surface area contributed by atoms with Gasteiger partial charge in [-0.25, -0.2) is 0 Å². The largest absolute Gasteiger partial charge is 0.508 e. The predicted octanol–water partition coefficient (Wildman–Crippen LogP) is 7.30. The molecule has 53 heavy (non-hydrogen) atoms. The van der Waals surface area contributed by atoms with Crippen LogP contribution < -0.4 is 10.6 Å². The van der Waals surface area contributed by atoms with Gasteiger partial charge in [-0.05, 0) is 117 Å². The second-order valence-corrected chi connectivity index (χ2v) is 15.1. The van der Waals surface area contributed by atoms with Gasteiger partial charge in [-0.2, -0.15) is 0 Å². The maximum atomic E-state index is 13.9. The summed E-state index contributed by atoms with van der Waals surface area (Å²) in [5, 5.41) is 25.3. The summed E-state index contributed by atoms with van der Waals surface area (Å²) in [7, 11) is 0. The molecule has 0 atom stereocenters. The Hall–Kier alpha value is -5.00. The normalized spacial score (nSPS) is 13.7. The molecule has 0 unspecified atom stereocenters. The number of thiophene rings is 1. The van der Waals surface area contributed by atoms with Crippen LogP contribution in [0.3, 0.4) is 0 Å². The van der Waals surface area contributed by atoms with Crippen LogP contribution in [0.25, 0.3) is 0 Å². The van der Waals surface area contributed by atoms with E-state index in [0.29, 0.717) is 54.0 Å². The fourth-order valence-corrected chi connectivity index (χ4v) is 8.21. The summed E-state index contributed by atoms with van der Waals surface area (Å²) < 4.78 is 0. The standard InChI is InChI=1S/C42H48N4O6S/c1-2-45(37(48)22-23-38(49)50)24-25-46(33-18-19-33)27-30-6-5-7-31(26-30)40(51)44-42-39(35-8-3-4-9-36(35)53-42)41(52)43-32-16-12-28(13-17-32)10-11-29-14-20-34(47)21-15-29/h5-7,12-17,20-21,26,33,47H,2-4,8-11,18-19,22-25,27H2,1H3,(H,43,52)(H,44,51)(H,49,50). The zero-order valence-corrected chi connectivity index (χ0v) is 31.1. The fraction of sp³-hybridized carbons (Fsp3) is 0.381. The summed E-state index contributed by atoms with van der Waals surface area (Å²) >= 11 is 1.50. The second kappa shape index (κ2) is 17.7. The Labute approximate surface area is 314 Å². The summed E-state index contributed by atoms with van der Waals surface area (Å²) in [5.74, 6) is -1.37. The Morgan fingerprint density at radius 3 is 2.19 bits per heavy atom. The Balaban J connectivity index is 1.10. The number of carboxylic acids is 1. The molecule has 1 fully saturated rings. The molecule has 4 N–H and O–H groups in total. The first kappa shape index (κ1) is 37.7. The van der Waals surface area contributed by atoms with Crippen molar-refractivity contribution in [3.8, 4) is 5.75 Å². The number of nitrogens with zero attached hydrogens (tertiary/aromatic N) is 2. The van der Waals surface area contributed by atoms with E-state index in [-0.39, 0.29) is 36.3 Å². The molecule has 0 spiro atoms. The Kier molecular flexibility index (Phi) is 12.6. The molecule has 3 aromatic carbocycles. The van der Waals surface area contributed by atoms with Gasteiger partial charge in [0.05, 0.1) is 12.0 Å². The highest BCUT2D eigenvalue weighted by atomic mass is 32.1. The molecule has 0 radical (unpaired) electrons. The van der Waals surface area contributed by atoms with Crippen LogP contribution in [0.1, 0.15) is 93.3 Å². The van der Waals surface area contributed by atoms with Crippen LogP contribution in [-0.2, 0) is 41.8 Å². The van der Waals surface area contributed by atoms with E-state index in [1.807, 2.05) is 61.5 Å². The van der Waals surface area contributed by atoms with Gasteiger partial charge in [0.2, 0.25) is 5.91 Å². The molecule has 4 aromatic rings. The molecule has 0 bridgehead atoms. The topological polar surface area (TPSA) is 139 Å². The molecule has 10 nitrogen and oxygen atoms in total. The van der Waals surface area contributed by atoms with E-state index in [0.717, 1.165) is 78.5 Å². The van der Waals surface area contributed by atoms with Gasteiger partial charge >= 0.3 is 5.97 Å². The number of hydrogen-bond donors (Lipinski definition) is 4. The molecule has 0 saturated heterocycles. The Morgan fingerprint density at radius 1 is 0.811 bits per heavy atom. The number of carbonyl (C=O) groups is 4. The number of aryl methyl sites for hydroxylation is 3. The SMILES string of the molecule is CCN(CCN(Cc1cccc(C(=O)Nc2sc3c(c2C(=O)Nc2ccc(CCc4ccc(O)cc4)cc2)CCCC3)c1)C1CC1)C(=O)CCC(=O)O. The quantitative estimate of drug-likeness (QED) is 0.0893. The highest BCUT2D eigenvalue weighted by molar-refractivity contribution is 7.17. The molecule has 0 aliphatic heterocycles. The van der Waals surface area contributed by atoms with E-state index in [9.17, 15) is 24.3 Å². The third-order valence-electron chi connectivity index (χ3n) is 10.1. The van der Waals surface area contributed by atoms with Gasteiger partial charge in [0.15, 0.2) is 0 Å². The zero-order valence-electron chi connectivity index (χ0n) is 30.2. The lowest BCUT2D eigenvalue weighted by molar-refractivity contribution is -0.140. The number of carbonyl (C=O) groups excluding carboxylic acids is 3. The molecule has 6 rings (SSSR count). The number of anilines is 2. The van der Waals surface area contributed by atoms with Crippen molar-refractivity contribution in [1.29, 1.82) is 0 Å². The third kappa shape index (κ3) is 10.3. The lowest BCUT2D eigenvalue weighted by Crippen LogP contribution is -2.39. The van der Waals surface area contributed by atoms with E-state index in [4.69, 9.17) is 5.11 Å². The summed E-state index contributed by atoms with van der Waals surface area (Å²) in [5.41, 5.74) is 6.04. The number of phenolic OH excluding ortho intramolecular Hbond substituents is 1. The minimum Gasteiger partial charge on any atom is -0.508 e. The van der Waals surface area contributed by atoms with Crippen LogP contribution >= 0.6 is 11.3 Å². The van der Waals surface area contributed by atoms with Crippen molar-refractivity contribution in [2.24, 2.45) is 0 Å². The van der Waals surface area contributed by atoms with Crippen LogP contribution in [0.15, 0.2) is 72.8 Å². The Morgan fingerprint density at radius 2 is 1.51 bits per heavy atom. The minimum absolute atomic E-state index is 0.00267. The van der Waals surface area contributed by atoms with Crippen LogP contribution in [0.5, 0.6) is 5.75 Å². The molecule has 1 aromatic heterocycles. The lowest BCUT2D eigenvalue weighted by Gasteiger charge is -2.27. The Bertz CT molecular complexity index is 1920. The monoisotopic (exact) mass is 736 g/mol. The summed E-state index contributed by atoms with van der Waals surface area (Å²) in [6, 6.07) is 23.1. The maximum absolute atomic E-state index is 13.9. The number of aromatic hydroxyl groups is 1. The zero-order chi connectivity index (χ0) is 37.3. The highest BCUT2D eigenvalue weighted by Gasteiger charge is 2.30. The van der Waals surface area contributed by atoms with Crippen LogP contribution in [0, 0.1) is 0 Å². The van der Waals surface area contributed by atoms with E-state index >= 15 is 0 Å². The molecule has 1 saturated carbocycles. The van der Waals surface area contributed by atoms with E-state index in [2.05, 4.69) is 15.5 Å². The molecule has 3 amide bonds. The summed E-state index contributed by atoms with van der Waals surface area (Å²) in [6.45, 7) is 4.24. The van der Waals surface area contributed by atoms with Gasteiger partial charge in [0, 0.05) is 54.8 Å². The number of rotatable bonds is 17. The smallest absolute Gasteiger partial charge is 0.303 e. The first-order valence-corrected chi connectivity index (χ1v) is 19.4. The summed E-state index contributed by atoms with van der Waals surface area (Å²) in [4.78, 5) is 56.4. The number of nitrogens with one attached hydrogen (secondary N) is 2. The second-order valence-electron chi connectivity index (χ2n) is 14.0. The van der Waals surface area contributed by atoms with Gasteiger partial charge in [0.1, 0.15) is 10.8 Å². The molecular weight excluding hydrogens is 689 g/mol. The van der Waals surface area contributed by atoms with Gasteiger partial charge in [-0.15, -0.1) is 11.3 Å². The third-order valence-corrected chi connectivity index (χ3v) is 11.3. The van der Waals surface area contributed by atoms with Crippen molar-refractivity contribution in [3.05, 3.63) is 111 Å². The number of phenols is 1. The van der Waals surface area contributed by atoms with E-state index < -0.39 is 5.97 Å². The number of amides is 3. The summed E-state index contributed by atoms with van der Waals surface area (Å²) in [6.07, 6.45) is 7.41. The van der Waals surface area contributed by atoms with E-state index in [1.54, 1.807) is 23.1 Å². The van der Waals surface area contributed by atoms with E-state index in [1.165, 1.54) is 11.3 Å². The lowest BCUT2D eigenvalue weighted by atomic mass is 9.95. The number of hydrogen-bond acceptors (Lipinski definition) is 7. The molecular formula is C42H48N4O6S. The molecule has 2 aliphatic rings. The predicted molar refractivity (Wildman–Crippen MR) is 208 cm³/mol. The first-order chi connectivity index (χ1) is 25.7. The van der Waals surface area contributed by atoms with Crippen molar-refractivity contribution in [1.82, 2.24) is 9.80 Å². The van der Waals surface area contributed by atoms with Crippen molar-refractivity contribution in [2.45, 2.75) is 83.7 Å². The molecule has 2 aliphatic carbocycles. The van der Waals surface area contributed by atoms with Crippen molar-refractivity contribution < 1.29 is 29.4 Å². The van der Waals surface area contributed by atoms with Gasteiger partial charge in [0.25, 0.3) is 11.8 Å². The van der Waals surface area contributed by atoms with Crippen molar-refractivity contribution >= 4 is 45.7 Å². The average molecular weight is 737 g/mol.